The number of rotatable bonds is 6. The van der Waals surface area contributed by atoms with E-state index in [0.29, 0.717) is 22.9 Å². The summed E-state index contributed by atoms with van der Waals surface area (Å²) in [5.74, 6) is 1.02. The Hall–Kier alpha value is -1.23. The Bertz CT molecular complexity index is 554. The standard InChI is InChI=1S/C15H17ClO3S/c1-18-14-9-10(8-12(16)15(14)19-2)13(17)6-5-11-4-3-7-20-11/h3-4,7-9,13,17H,5-6H2,1-2H3. The van der Waals surface area contributed by atoms with Crippen LogP contribution in [0.2, 0.25) is 5.02 Å². The molecular weight excluding hydrogens is 296 g/mol. The van der Waals surface area contributed by atoms with Crippen molar-refractivity contribution >= 4 is 22.9 Å². The molecule has 0 aliphatic carbocycles. The van der Waals surface area contributed by atoms with Crippen molar-refractivity contribution in [3.63, 3.8) is 0 Å². The molecule has 3 nitrogen and oxygen atoms in total. The molecule has 0 aliphatic heterocycles. The lowest BCUT2D eigenvalue weighted by Crippen LogP contribution is -2.01. The molecule has 5 heteroatoms. The molecule has 0 bridgehead atoms. The molecule has 1 unspecified atom stereocenters. The van der Waals surface area contributed by atoms with Gasteiger partial charge in [-0.25, -0.2) is 0 Å². The first-order chi connectivity index (χ1) is 9.65. The Kier molecular flexibility index (Phi) is 5.29. The number of aliphatic hydroxyl groups excluding tert-OH is 1. The maximum atomic E-state index is 10.3. The first-order valence-corrected chi connectivity index (χ1v) is 7.53. The van der Waals surface area contributed by atoms with Crippen molar-refractivity contribution in [2.45, 2.75) is 18.9 Å². The highest BCUT2D eigenvalue weighted by Crippen LogP contribution is 2.38. The molecule has 1 aromatic carbocycles. The van der Waals surface area contributed by atoms with Gasteiger partial charge in [0, 0.05) is 4.88 Å². The molecule has 2 rings (SSSR count). The van der Waals surface area contributed by atoms with Gasteiger partial charge >= 0.3 is 0 Å². The van der Waals surface area contributed by atoms with E-state index in [2.05, 4.69) is 6.07 Å². The van der Waals surface area contributed by atoms with Crippen molar-refractivity contribution in [2.24, 2.45) is 0 Å². The molecule has 108 valence electrons. The topological polar surface area (TPSA) is 38.7 Å². The van der Waals surface area contributed by atoms with E-state index >= 15 is 0 Å². The lowest BCUT2D eigenvalue weighted by atomic mass is 10.0. The van der Waals surface area contributed by atoms with E-state index in [-0.39, 0.29) is 0 Å². The van der Waals surface area contributed by atoms with Gasteiger partial charge in [0.15, 0.2) is 11.5 Å². The van der Waals surface area contributed by atoms with Gasteiger partial charge in [-0.3, -0.25) is 0 Å². The van der Waals surface area contributed by atoms with Gasteiger partial charge in [-0.1, -0.05) is 17.7 Å². The van der Waals surface area contributed by atoms with E-state index < -0.39 is 6.10 Å². The molecule has 2 aromatic rings. The first-order valence-electron chi connectivity index (χ1n) is 6.27. The Morgan fingerprint density at radius 1 is 1.30 bits per heavy atom. The van der Waals surface area contributed by atoms with Gasteiger partial charge in [-0.15, -0.1) is 11.3 Å². The van der Waals surface area contributed by atoms with Crippen molar-refractivity contribution in [3.05, 3.63) is 45.1 Å². The van der Waals surface area contributed by atoms with Crippen molar-refractivity contribution in [1.82, 2.24) is 0 Å². The van der Waals surface area contributed by atoms with Crippen LogP contribution in [0, 0.1) is 0 Å². The van der Waals surface area contributed by atoms with Gasteiger partial charge in [0.2, 0.25) is 0 Å². The fourth-order valence-corrected chi connectivity index (χ4v) is 3.05. The second-order valence-corrected chi connectivity index (χ2v) is 5.81. The molecule has 1 atom stereocenters. The second-order valence-electron chi connectivity index (χ2n) is 4.37. The van der Waals surface area contributed by atoms with E-state index in [0.717, 1.165) is 12.0 Å². The zero-order valence-corrected chi connectivity index (χ0v) is 13.0. The summed E-state index contributed by atoms with van der Waals surface area (Å²) >= 11 is 7.84. The summed E-state index contributed by atoms with van der Waals surface area (Å²) in [7, 11) is 3.09. The second kappa shape index (κ2) is 6.97. The lowest BCUT2D eigenvalue weighted by Gasteiger charge is -2.15. The first kappa shape index (κ1) is 15.2. The minimum absolute atomic E-state index is 0.442. The maximum Gasteiger partial charge on any atom is 0.179 e. The van der Waals surface area contributed by atoms with Crippen LogP contribution in [-0.2, 0) is 6.42 Å². The number of hydrogen-bond acceptors (Lipinski definition) is 4. The minimum Gasteiger partial charge on any atom is -0.493 e. The summed E-state index contributed by atoms with van der Waals surface area (Å²) in [6.45, 7) is 0. The highest BCUT2D eigenvalue weighted by molar-refractivity contribution is 7.09. The Morgan fingerprint density at radius 2 is 2.10 bits per heavy atom. The van der Waals surface area contributed by atoms with Crippen molar-refractivity contribution < 1.29 is 14.6 Å². The summed E-state index contributed by atoms with van der Waals surface area (Å²) in [6, 6.07) is 7.57. The van der Waals surface area contributed by atoms with Crippen LogP contribution >= 0.6 is 22.9 Å². The normalized spacial score (nSPS) is 12.2. The Balaban J connectivity index is 2.13. The monoisotopic (exact) mass is 312 g/mol. The van der Waals surface area contributed by atoms with Gasteiger partial charge in [0.1, 0.15) is 0 Å². The molecule has 1 heterocycles. The van der Waals surface area contributed by atoms with E-state index in [1.807, 2.05) is 11.4 Å². The van der Waals surface area contributed by atoms with Crippen LogP contribution < -0.4 is 9.47 Å². The number of halogens is 1. The molecule has 0 aliphatic rings. The molecule has 1 aromatic heterocycles. The maximum absolute atomic E-state index is 10.3. The van der Waals surface area contributed by atoms with Crippen LogP contribution in [0.15, 0.2) is 29.6 Å². The van der Waals surface area contributed by atoms with Crippen LogP contribution in [-0.4, -0.2) is 19.3 Å². The van der Waals surface area contributed by atoms with E-state index in [4.69, 9.17) is 21.1 Å². The highest BCUT2D eigenvalue weighted by Gasteiger charge is 2.15. The van der Waals surface area contributed by atoms with Gasteiger partial charge in [-0.05, 0) is 42.0 Å². The number of ether oxygens (including phenoxy) is 2. The number of hydrogen-bond donors (Lipinski definition) is 1. The minimum atomic E-state index is -0.575. The predicted octanol–water partition coefficient (Wildman–Crippen LogP) is 4.08. The molecule has 0 saturated carbocycles. The van der Waals surface area contributed by atoms with Crippen molar-refractivity contribution in [2.75, 3.05) is 14.2 Å². The van der Waals surface area contributed by atoms with Gasteiger partial charge in [-0.2, -0.15) is 0 Å². The zero-order valence-electron chi connectivity index (χ0n) is 11.4. The quantitative estimate of drug-likeness (QED) is 0.873. The smallest absolute Gasteiger partial charge is 0.179 e. The largest absolute Gasteiger partial charge is 0.493 e. The van der Waals surface area contributed by atoms with Crippen LogP contribution in [0.4, 0.5) is 0 Å². The van der Waals surface area contributed by atoms with Gasteiger partial charge < -0.3 is 14.6 Å². The molecular formula is C15H17ClO3S. The molecule has 0 amide bonds. The van der Waals surface area contributed by atoms with Gasteiger partial charge in [0.25, 0.3) is 0 Å². The van der Waals surface area contributed by atoms with Crippen molar-refractivity contribution in [1.29, 1.82) is 0 Å². The molecule has 1 N–H and O–H groups in total. The summed E-state index contributed by atoms with van der Waals surface area (Å²) in [4.78, 5) is 1.26. The number of aryl methyl sites for hydroxylation is 1. The third-order valence-corrected chi connectivity index (χ3v) is 4.30. The fraction of sp³-hybridized carbons (Fsp3) is 0.333. The van der Waals surface area contributed by atoms with E-state index in [9.17, 15) is 5.11 Å². The molecule has 0 spiro atoms. The average Bonchev–Trinajstić information content (AvgIpc) is 2.97. The summed E-state index contributed by atoms with van der Waals surface area (Å²) < 4.78 is 10.4. The summed E-state index contributed by atoms with van der Waals surface area (Å²) in [6.07, 6.45) is 0.909. The van der Waals surface area contributed by atoms with Crippen LogP contribution in [0.25, 0.3) is 0 Å². The molecule has 0 saturated heterocycles. The predicted molar refractivity (Wildman–Crippen MR) is 82.2 cm³/mol. The van der Waals surface area contributed by atoms with Crippen LogP contribution in [0.1, 0.15) is 23.0 Å². The average molecular weight is 313 g/mol. The Labute approximate surface area is 127 Å². The van der Waals surface area contributed by atoms with E-state index in [1.54, 1.807) is 30.6 Å². The molecule has 0 radical (unpaired) electrons. The van der Waals surface area contributed by atoms with Crippen LogP contribution in [0.3, 0.4) is 0 Å². The third kappa shape index (κ3) is 3.45. The zero-order chi connectivity index (χ0) is 14.5. The fourth-order valence-electron chi connectivity index (χ4n) is 2.03. The molecule has 0 fully saturated rings. The summed E-state index contributed by atoms with van der Waals surface area (Å²) in [5.41, 5.74) is 0.740. The number of aliphatic hydroxyl groups is 1. The SMILES string of the molecule is COc1cc(C(O)CCc2cccs2)cc(Cl)c1OC. The number of thiophene rings is 1. The Morgan fingerprint density at radius 3 is 2.70 bits per heavy atom. The molecule has 20 heavy (non-hydrogen) atoms. The number of methoxy groups -OCH3 is 2. The highest BCUT2D eigenvalue weighted by atomic mass is 35.5. The van der Waals surface area contributed by atoms with Crippen LogP contribution in [0.5, 0.6) is 11.5 Å². The van der Waals surface area contributed by atoms with Gasteiger partial charge in [0.05, 0.1) is 25.3 Å². The lowest BCUT2D eigenvalue weighted by molar-refractivity contribution is 0.167. The summed E-state index contributed by atoms with van der Waals surface area (Å²) in [5, 5.41) is 12.8. The third-order valence-electron chi connectivity index (χ3n) is 3.08. The van der Waals surface area contributed by atoms with E-state index in [1.165, 1.54) is 12.0 Å². The number of benzene rings is 1. The van der Waals surface area contributed by atoms with Crippen molar-refractivity contribution in [3.8, 4) is 11.5 Å².